The van der Waals surface area contributed by atoms with E-state index in [0.29, 0.717) is 35.8 Å². The van der Waals surface area contributed by atoms with Crippen LogP contribution in [0.15, 0.2) is 67.4 Å². The summed E-state index contributed by atoms with van der Waals surface area (Å²) < 4.78 is 27.2. The quantitative estimate of drug-likeness (QED) is 0.341. The maximum Gasteiger partial charge on any atom is 0.261 e. The zero-order chi connectivity index (χ0) is 25.7. The van der Waals surface area contributed by atoms with Crippen LogP contribution in [0.4, 0.5) is 8.78 Å². The van der Waals surface area contributed by atoms with E-state index < -0.39 is 5.92 Å². The first kappa shape index (κ1) is 22.5. The van der Waals surface area contributed by atoms with Crippen LogP contribution in [0.3, 0.4) is 0 Å². The summed E-state index contributed by atoms with van der Waals surface area (Å²) in [5.41, 5.74) is 7.45. The number of nitrogens with zero attached hydrogens (tertiary/aromatic N) is 7. The number of H-pyrrole nitrogens is 2. The summed E-state index contributed by atoms with van der Waals surface area (Å²) >= 11 is 0. The number of alkyl halides is 2. The highest BCUT2D eigenvalue weighted by Gasteiger charge is 2.37. The number of aromatic nitrogens is 8. The van der Waals surface area contributed by atoms with Crippen LogP contribution in [-0.2, 0) is 6.54 Å². The number of halogens is 2. The molecule has 0 unspecified atom stereocenters. The van der Waals surface area contributed by atoms with Crippen molar-refractivity contribution in [1.29, 1.82) is 0 Å². The lowest BCUT2D eigenvalue weighted by atomic mass is 10.1. The number of fused-ring (bicyclic) bond motifs is 2. The summed E-state index contributed by atoms with van der Waals surface area (Å²) in [5.74, 6) is -2.07. The van der Waals surface area contributed by atoms with Gasteiger partial charge in [0, 0.05) is 55.4 Å². The molecule has 1 aliphatic rings. The van der Waals surface area contributed by atoms with Crippen molar-refractivity contribution in [3.8, 4) is 34.0 Å². The molecule has 7 heterocycles. The lowest BCUT2D eigenvalue weighted by molar-refractivity contribution is 0.0115. The molecule has 0 spiro atoms. The fraction of sp³-hybridized carbons (Fsp3) is 0.185. The van der Waals surface area contributed by atoms with Crippen molar-refractivity contribution in [3.63, 3.8) is 0 Å². The first-order valence-corrected chi connectivity index (χ1v) is 12.2. The van der Waals surface area contributed by atoms with Gasteiger partial charge in [-0.25, -0.2) is 18.7 Å². The summed E-state index contributed by atoms with van der Waals surface area (Å²) in [4.78, 5) is 27.9. The minimum absolute atomic E-state index is 0.108. The Labute approximate surface area is 215 Å². The first-order valence-electron chi connectivity index (χ1n) is 12.2. The Balaban J connectivity index is 1.24. The number of hydrogen-bond donors (Lipinski definition) is 2. The largest absolute Gasteiger partial charge is 0.335 e. The molecule has 1 saturated heterocycles. The van der Waals surface area contributed by atoms with E-state index in [-0.39, 0.29) is 13.0 Å². The molecule has 6 aromatic heterocycles. The predicted molar refractivity (Wildman–Crippen MR) is 138 cm³/mol. The molecule has 0 amide bonds. The molecule has 38 heavy (non-hydrogen) atoms. The molecule has 1 aliphatic heterocycles. The van der Waals surface area contributed by atoms with Gasteiger partial charge in [0.05, 0.1) is 35.2 Å². The van der Waals surface area contributed by atoms with Crippen molar-refractivity contribution in [1.82, 2.24) is 45.0 Å². The monoisotopic (exact) mass is 509 g/mol. The van der Waals surface area contributed by atoms with Crippen molar-refractivity contribution in [2.45, 2.75) is 18.9 Å². The van der Waals surface area contributed by atoms with E-state index in [1.807, 2.05) is 36.4 Å². The van der Waals surface area contributed by atoms with Crippen LogP contribution in [0.2, 0.25) is 0 Å². The smallest absolute Gasteiger partial charge is 0.261 e. The van der Waals surface area contributed by atoms with Crippen LogP contribution >= 0.6 is 0 Å². The summed E-state index contributed by atoms with van der Waals surface area (Å²) in [6.45, 7) is 0.561. The van der Waals surface area contributed by atoms with E-state index in [1.165, 1.54) is 0 Å². The molecule has 0 radical (unpaired) electrons. The van der Waals surface area contributed by atoms with E-state index in [4.69, 9.17) is 9.97 Å². The van der Waals surface area contributed by atoms with Crippen molar-refractivity contribution in [2.24, 2.45) is 0 Å². The van der Waals surface area contributed by atoms with Gasteiger partial charge in [0.15, 0.2) is 11.5 Å². The third-order valence-corrected chi connectivity index (χ3v) is 6.71. The van der Waals surface area contributed by atoms with E-state index in [1.54, 1.807) is 35.9 Å². The van der Waals surface area contributed by atoms with Gasteiger partial charge in [-0.1, -0.05) is 6.07 Å². The lowest BCUT2D eigenvalue weighted by Gasteiger charge is -2.15. The van der Waals surface area contributed by atoms with Crippen LogP contribution in [0.1, 0.15) is 12.0 Å². The Morgan fingerprint density at radius 3 is 2.68 bits per heavy atom. The van der Waals surface area contributed by atoms with Gasteiger partial charge in [0.1, 0.15) is 11.0 Å². The van der Waals surface area contributed by atoms with Crippen molar-refractivity contribution in [3.05, 3.63) is 72.9 Å². The number of aromatic amines is 2. The number of nitrogens with one attached hydrogen (secondary N) is 2. The molecule has 1 fully saturated rings. The Morgan fingerprint density at radius 2 is 1.84 bits per heavy atom. The van der Waals surface area contributed by atoms with Crippen LogP contribution in [0.5, 0.6) is 0 Å². The summed E-state index contributed by atoms with van der Waals surface area (Å²) in [6.07, 6.45) is 8.53. The normalized spacial score (nSPS) is 15.5. The van der Waals surface area contributed by atoms with Gasteiger partial charge < -0.3 is 4.98 Å². The SMILES string of the molecule is FC1(F)CCN(Cc2cncc(-c3ccc4[nH]nc(-c5nc6c(-c7ccccn7)cncc6[nH]5)c4n3)c2)C1. The van der Waals surface area contributed by atoms with Crippen LogP contribution in [0, 0.1) is 0 Å². The second kappa shape index (κ2) is 8.73. The molecular weight excluding hydrogens is 488 g/mol. The number of likely N-dealkylation sites (tertiary alicyclic amines) is 1. The zero-order valence-corrected chi connectivity index (χ0v) is 20.1. The van der Waals surface area contributed by atoms with Gasteiger partial charge in [0.2, 0.25) is 0 Å². The molecule has 188 valence electrons. The Kier molecular flexibility index (Phi) is 5.18. The maximum atomic E-state index is 13.6. The van der Waals surface area contributed by atoms with Crippen molar-refractivity contribution in [2.75, 3.05) is 13.1 Å². The number of imidazole rings is 1. The molecule has 6 aromatic rings. The van der Waals surface area contributed by atoms with Crippen molar-refractivity contribution < 1.29 is 8.78 Å². The van der Waals surface area contributed by atoms with E-state index in [9.17, 15) is 8.78 Å². The molecule has 0 atom stereocenters. The van der Waals surface area contributed by atoms with Crippen LogP contribution in [-0.4, -0.2) is 64.0 Å². The average Bonchev–Trinajstić information content (AvgIpc) is 3.64. The summed E-state index contributed by atoms with van der Waals surface area (Å²) in [5, 5.41) is 7.52. The van der Waals surface area contributed by atoms with Crippen molar-refractivity contribution >= 4 is 22.1 Å². The number of pyridine rings is 4. The molecule has 0 bridgehead atoms. The highest BCUT2D eigenvalue weighted by Crippen LogP contribution is 2.31. The number of hydrogen-bond acceptors (Lipinski definition) is 7. The molecule has 9 nitrogen and oxygen atoms in total. The van der Waals surface area contributed by atoms with E-state index in [0.717, 1.165) is 38.9 Å². The lowest BCUT2D eigenvalue weighted by Crippen LogP contribution is -2.24. The van der Waals surface area contributed by atoms with Gasteiger partial charge >= 0.3 is 0 Å². The van der Waals surface area contributed by atoms with Gasteiger partial charge in [-0.05, 0) is 35.9 Å². The zero-order valence-electron chi connectivity index (χ0n) is 20.1. The second-order valence-electron chi connectivity index (χ2n) is 9.45. The summed E-state index contributed by atoms with van der Waals surface area (Å²) in [6, 6.07) is 11.4. The molecule has 0 aromatic carbocycles. The van der Waals surface area contributed by atoms with Gasteiger partial charge in [-0.3, -0.25) is 25.0 Å². The highest BCUT2D eigenvalue weighted by molar-refractivity contribution is 5.95. The maximum absolute atomic E-state index is 13.6. The Bertz CT molecular complexity index is 1780. The molecular formula is C27H21F2N9. The molecule has 0 aliphatic carbocycles. The Morgan fingerprint density at radius 1 is 0.921 bits per heavy atom. The third-order valence-electron chi connectivity index (χ3n) is 6.71. The third kappa shape index (κ3) is 4.06. The summed E-state index contributed by atoms with van der Waals surface area (Å²) in [7, 11) is 0. The second-order valence-corrected chi connectivity index (χ2v) is 9.45. The molecule has 11 heteroatoms. The van der Waals surface area contributed by atoms with E-state index in [2.05, 4.69) is 30.1 Å². The van der Waals surface area contributed by atoms with Crippen LogP contribution in [0.25, 0.3) is 56.1 Å². The minimum atomic E-state index is -2.62. The van der Waals surface area contributed by atoms with E-state index >= 15 is 0 Å². The predicted octanol–water partition coefficient (Wildman–Crippen LogP) is 4.86. The molecule has 2 N–H and O–H groups in total. The van der Waals surface area contributed by atoms with Crippen LogP contribution < -0.4 is 0 Å². The molecule has 7 rings (SSSR count). The fourth-order valence-electron chi connectivity index (χ4n) is 4.89. The Hall–Kier alpha value is -4.64. The highest BCUT2D eigenvalue weighted by atomic mass is 19.3. The average molecular weight is 510 g/mol. The van der Waals surface area contributed by atoms with Gasteiger partial charge in [0.25, 0.3) is 5.92 Å². The standard InChI is InChI=1S/C27H21F2N9/c28-27(29)6-8-38(15-27)14-16-9-17(11-30-10-16)19-4-5-21-24(33-19)25(37-36-21)26-34-22-13-31-12-18(23(22)35-26)20-3-1-2-7-32-20/h1-5,7,9-13H,6,8,14-15H2,(H,34,35)(H,36,37). The fourth-order valence-corrected chi connectivity index (χ4v) is 4.89. The van der Waals surface area contributed by atoms with Gasteiger partial charge in [-0.15, -0.1) is 0 Å². The number of rotatable bonds is 5. The van der Waals surface area contributed by atoms with Gasteiger partial charge in [-0.2, -0.15) is 5.10 Å². The minimum Gasteiger partial charge on any atom is -0.335 e. The first-order chi connectivity index (χ1) is 18.5. The topological polar surface area (TPSA) is 112 Å². The molecule has 0 saturated carbocycles.